The summed E-state index contributed by atoms with van der Waals surface area (Å²) in [6, 6.07) is 8.31. The molecule has 0 radical (unpaired) electrons. The summed E-state index contributed by atoms with van der Waals surface area (Å²) in [4.78, 5) is 16.8. The van der Waals surface area contributed by atoms with Crippen molar-refractivity contribution in [2.45, 2.75) is 18.5 Å². The zero-order valence-electron chi connectivity index (χ0n) is 13.3. The van der Waals surface area contributed by atoms with Crippen LogP contribution in [0.4, 0.5) is 9.52 Å². The van der Waals surface area contributed by atoms with Gasteiger partial charge in [-0.05, 0) is 42.8 Å². The van der Waals surface area contributed by atoms with Gasteiger partial charge in [-0.3, -0.25) is 4.79 Å². The number of nitrogens with zero attached hydrogens (tertiary/aromatic N) is 1. The number of aromatic hydroxyl groups is 1. The number of halogens is 2. The van der Waals surface area contributed by atoms with Crippen LogP contribution >= 0.6 is 22.9 Å². The highest BCUT2D eigenvalue weighted by Crippen LogP contribution is 2.32. The maximum atomic E-state index is 13.3. The third-order valence-corrected chi connectivity index (χ3v) is 5.33. The van der Waals surface area contributed by atoms with Gasteiger partial charge in [0.05, 0.1) is 16.3 Å². The summed E-state index contributed by atoms with van der Waals surface area (Å²) in [6.07, 6.45) is 0.430. The van der Waals surface area contributed by atoms with Crippen LogP contribution in [-0.2, 0) is 4.79 Å². The molecule has 134 valence electrons. The van der Waals surface area contributed by atoms with Gasteiger partial charge in [0.2, 0.25) is 5.91 Å². The van der Waals surface area contributed by atoms with Gasteiger partial charge in [0.15, 0.2) is 5.13 Å². The molecule has 9 heteroatoms. The number of hydrogen-bond donors (Lipinski definition) is 4. The number of fused-ring (bicyclic) bond motifs is 1. The first-order valence-corrected chi connectivity index (χ1v) is 9.05. The summed E-state index contributed by atoms with van der Waals surface area (Å²) < 4.78 is 13.9. The molecule has 0 aliphatic carbocycles. The number of carbonyl (C=O) groups excluding carboxylic acids is 1. The lowest BCUT2D eigenvalue weighted by atomic mass is 10.0. The summed E-state index contributed by atoms with van der Waals surface area (Å²) in [6.45, 7) is 0. The van der Waals surface area contributed by atoms with E-state index in [0.29, 0.717) is 32.4 Å². The number of nitrogens with one attached hydrogen (secondary N) is 3. The quantitative estimate of drug-likeness (QED) is 0.549. The first-order chi connectivity index (χ1) is 12.5. The molecule has 2 atom stereocenters. The molecule has 4 N–H and O–H groups in total. The minimum atomic E-state index is -0.512. The van der Waals surface area contributed by atoms with Gasteiger partial charge in [-0.2, -0.15) is 0 Å². The van der Waals surface area contributed by atoms with Crippen LogP contribution in [-0.4, -0.2) is 22.0 Å². The number of anilines is 1. The van der Waals surface area contributed by atoms with Crippen LogP contribution in [0.3, 0.4) is 0 Å². The van der Waals surface area contributed by atoms with E-state index in [1.807, 2.05) is 0 Å². The van der Waals surface area contributed by atoms with E-state index in [2.05, 4.69) is 21.2 Å². The fourth-order valence-electron chi connectivity index (χ4n) is 2.88. The summed E-state index contributed by atoms with van der Waals surface area (Å²) in [5, 5.41) is 13.7. The zero-order chi connectivity index (χ0) is 18.3. The van der Waals surface area contributed by atoms with Crippen LogP contribution in [0.5, 0.6) is 5.75 Å². The molecule has 1 aromatic heterocycles. The van der Waals surface area contributed by atoms with Crippen molar-refractivity contribution >= 4 is 44.2 Å². The molecule has 0 saturated carbocycles. The van der Waals surface area contributed by atoms with Crippen molar-refractivity contribution < 1.29 is 14.3 Å². The van der Waals surface area contributed by atoms with Crippen LogP contribution in [0, 0.1) is 5.82 Å². The monoisotopic (exact) mass is 392 g/mol. The van der Waals surface area contributed by atoms with E-state index in [9.17, 15) is 14.3 Å². The lowest BCUT2D eigenvalue weighted by molar-refractivity contribution is -0.117. The molecule has 1 fully saturated rings. The molecule has 1 aliphatic heterocycles. The Morgan fingerprint density at radius 3 is 3.00 bits per heavy atom. The number of aromatic nitrogens is 1. The highest BCUT2D eigenvalue weighted by molar-refractivity contribution is 7.22. The highest BCUT2D eigenvalue weighted by Gasteiger charge is 2.32. The molecule has 2 aromatic carbocycles. The molecule has 1 aliphatic rings. The number of phenolic OH excluding ortho intramolecular Hbond substituents is 1. The van der Waals surface area contributed by atoms with E-state index in [4.69, 9.17) is 11.6 Å². The van der Waals surface area contributed by atoms with Gasteiger partial charge < -0.3 is 10.4 Å². The van der Waals surface area contributed by atoms with Gasteiger partial charge >= 0.3 is 0 Å². The van der Waals surface area contributed by atoms with E-state index in [1.54, 1.807) is 18.2 Å². The predicted molar refractivity (Wildman–Crippen MR) is 98.7 cm³/mol. The molecule has 4 rings (SSSR count). The van der Waals surface area contributed by atoms with E-state index < -0.39 is 6.04 Å². The lowest BCUT2D eigenvalue weighted by Crippen LogP contribution is -2.39. The van der Waals surface area contributed by atoms with Gasteiger partial charge in [0.1, 0.15) is 17.6 Å². The Bertz CT molecular complexity index is 996. The third-order valence-electron chi connectivity index (χ3n) is 4.17. The van der Waals surface area contributed by atoms with E-state index in [0.717, 1.165) is 0 Å². The second kappa shape index (κ2) is 6.81. The molecule has 3 aromatic rings. The molecule has 6 nitrogen and oxygen atoms in total. The van der Waals surface area contributed by atoms with Gasteiger partial charge in [-0.25, -0.2) is 20.2 Å². The van der Waals surface area contributed by atoms with Crippen molar-refractivity contribution in [1.82, 2.24) is 15.8 Å². The number of rotatable bonds is 3. The second-order valence-corrected chi connectivity index (χ2v) is 7.42. The van der Waals surface area contributed by atoms with Crippen molar-refractivity contribution in [3.05, 3.63) is 52.8 Å². The van der Waals surface area contributed by atoms with Gasteiger partial charge in [0, 0.05) is 10.6 Å². The summed E-state index contributed by atoms with van der Waals surface area (Å²) in [5.41, 5.74) is 7.16. The highest BCUT2D eigenvalue weighted by atomic mass is 35.5. The van der Waals surface area contributed by atoms with Crippen molar-refractivity contribution in [3.8, 4) is 5.75 Å². The van der Waals surface area contributed by atoms with Crippen LogP contribution < -0.4 is 16.2 Å². The number of carbonyl (C=O) groups is 1. The van der Waals surface area contributed by atoms with Crippen LogP contribution in [0.25, 0.3) is 10.2 Å². The van der Waals surface area contributed by atoms with Gasteiger partial charge in [-0.1, -0.05) is 22.9 Å². The lowest BCUT2D eigenvalue weighted by Gasteiger charge is -2.12. The molecular formula is C17H14ClFN4O2S. The number of hydrogen-bond acceptors (Lipinski definition) is 6. The van der Waals surface area contributed by atoms with E-state index >= 15 is 0 Å². The molecule has 26 heavy (non-hydrogen) atoms. The zero-order valence-corrected chi connectivity index (χ0v) is 14.9. The average Bonchev–Trinajstić information content (AvgIpc) is 3.23. The van der Waals surface area contributed by atoms with Crippen molar-refractivity contribution in [2.24, 2.45) is 0 Å². The van der Waals surface area contributed by atoms with Crippen LogP contribution in [0.15, 0.2) is 36.4 Å². The van der Waals surface area contributed by atoms with Gasteiger partial charge in [-0.15, -0.1) is 0 Å². The van der Waals surface area contributed by atoms with E-state index in [-0.39, 0.29) is 23.5 Å². The predicted octanol–water partition coefficient (Wildman–Crippen LogP) is 3.34. The fraction of sp³-hybridized carbons (Fsp3) is 0.176. The Kier molecular flexibility index (Phi) is 4.49. The van der Waals surface area contributed by atoms with Gasteiger partial charge in [0.25, 0.3) is 0 Å². The first kappa shape index (κ1) is 17.2. The minimum absolute atomic E-state index is 0.114. The minimum Gasteiger partial charge on any atom is -0.508 e. The maximum absolute atomic E-state index is 13.3. The van der Waals surface area contributed by atoms with Crippen molar-refractivity contribution in [3.63, 3.8) is 0 Å². The number of thiazole rings is 1. The standard InChI is InChI=1S/C17H14ClFN4O2S/c18-8-1-4-14(24)10(5-8)12-7-13(23-22-12)16(25)21-17-20-11-3-2-9(19)6-15(11)26-17/h1-6,12-13,22-24H,7H2,(H,20,21,25). The first-order valence-electron chi connectivity index (χ1n) is 7.86. The smallest absolute Gasteiger partial charge is 0.244 e. The number of amides is 1. The summed E-state index contributed by atoms with van der Waals surface area (Å²) >= 11 is 7.19. The molecule has 0 bridgehead atoms. The molecule has 2 heterocycles. The Labute approximate surface area is 157 Å². The fourth-order valence-corrected chi connectivity index (χ4v) is 3.96. The van der Waals surface area contributed by atoms with Crippen LogP contribution in [0.1, 0.15) is 18.0 Å². The molecule has 1 amide bonds. The molecule has 0 spiro atoms. The molecule has 1 saturated heterocycles. The Balaban J connectivity index is 1.46. The molecular weight excluding hydrogens is 379 g/mol. The SMILES string of the molecule is O=C(Nc1nc2ccc(F)cc2s1)C1CC(c2cc(Cl)ccc2O)NN1. The largest absolute Gasteiger partial charge is 0.508 e. The Hall–Kier alpha value is -2.26. The molecule has 2 unspecified atom stereocenters. The Morgan fingerprint density at radius 1 is 1.31 bits per heavy atom. The summed E-state index contributed by atoms with van der Waals surface area (Å²) in [7, 11) is 0. The number of phenols is 1. The number of hydrazine groups is 1. The van der Waals surface area contributed by atoms with Crippen LogP contribution in [0.2, 0.25) is 5.02 Å². The normalized spacial score (nSPS) is 19.8. The van der Waals surface area contributed by atoms with Crippen molar-refractivity contribution in [2.75, 3.05) is 5.32 Å². The topological polar surface area (TPSA) is 86.3 Å². The third kappa shape index (κ3) is 3.36. The maximum Gasteiger partial charge on any atom is 0.244 e. The summed E-state index contributed by atoms with van der Waals surface area (Å²) in [5.74, 6) is -0.492. The second-order valence-electron chi connectivity index (χ2n) is 5.95. The average molecular weight is 393 g/mol. The van der Waals surface area contributed by atoms with E-state index in [1.165, 1.54) is 29.5 Å². The van der Waals surface area contributed by atoms with Crippen molar-refractivity contribution in [1.29, 1.82) is 0 Å². The number of benzene rings is 2. The Morgan fingerprint density at radius 2 is 2.15 bits per heavy atom.